The lowest BCUT2D eigenvalue weighted by molar-refractivity contribution is -0.185. The number of hydrogen-bond acceptors (Lipinski definition) is 2. The molecule has 136 valence electrons. The van der Waals surface area contributed by atoms with E-state index >= 15 is 0 Å². The molecule has 2 heterocycles. The molecule has 0 unspecified atom stereocenters. The Labute approximate surface area is 154 Å². The highest BCUT2D eigenvalue weighted by molar-refractivity contribution is 6.32. The van der Waals surface area contributed by atoms with Crippen molar-refractivity contribution in [3.8, 4) is 0 Å². The predicted octanol–water partition coefficient (Wildman–Crippen LogP) is 4.39. The maximum atomic E-state index is 12.7. The van der Waals surface area contributed by atoms with E-state index in [1.807, 2.05) is 30.4 Å². The summed E-state index contributed by atoms with van der Waals surface area (Å²) in [5, 5.41) is 0.532. The van der Waals surface area contributed by atoms with Crippen molar-refractivity contribution in [2.75, 3.05) is 13.1 Å². The van der Waals surface area contributed by atoms with Gasteiger partial charge in [0.15, 0.2) is 0 Å². The zero-order chi connectivity index (χ0) is 18.7. The minimum Gasteiger partial charge on any atom is -0.334 e. The van der Waals surface area contributed by atoms with E-state index in [2.05, 4.69) is 4.98 Å². The summed E-state index contributed by atoms with van der Waals surface area (Å²) in [6.07, 6.45) is 2.93. The van der Waals surface area contributed by atoms with Gasteiger partial charge in [-0.05, 0) is 53.3 Å². The van der Waals surface area contributed by atoms with Crippen LogP contribution in [0.1, 0.15) is 22.3 Å². The second-order valence-corrected chi connectivity index (χ2v) is 6.41. The van der Waals surface area contributed by atoms with Crippen LogP contribution in [0.25, 0.3) is 12.2 Å². The van der Waals surface area contributed by atoms with E-state index < -0.39 is 12.1 Å². The first-order valence-electron chi connectivity index (χ1n) is 8.11. The maximum Gasteiger partial charge on any atom is 0.471 e. The lowest BCUT2D eigenvalue weighted by atomic mass is 9.96. The molecule has 0 N–H and O–H groups in total. The van der Waals surface area contributed by atoms with E-state index in [-0.39, 0.29) is 13.1 Å². The van der Waals surface area contributed by atoms with Crippen molar-refractivity contribution in [1.82, 2.24) is 9.88 Å². The molecular weight excluding hydrogens is 365 g/mol. The van der Waals surface area contributed by atoms with Gasteiger partial charge in [-0.15, -0.1) is 0 Å². The molecular formula is C19H16ClF3N2O. The van der Waals surface area contributed by atoms with Gasteiger partial charge in [0, 0.05) is 30.5 Å². The van der Waals surface area contributed by atoms with E-state index in [1.54, 1.807) is 18.5 Å². The fraction of sp³-hybridized carbons (Fsp3) is 0.263. The Hall–Kier alpha value is -2.34. The van der Waals surface area contributed by atoms with Crippen molar-refractivity contribution in [2.45, 2.75) is 19.0 Å². The summed E-state index contributed by atoms with van der Waals surface area (Å²) in [7, 11) is 0. The van der Waals surface area contributed by atoms with Gasteiger partial charge in [0.25, 0.3) is 0 Å². The Bertz CT molecular complexity index is 835. The van der Waals surface area contributed by atoms with Gasteiger partial charge in [-0.3, -0.25) is 9.78 Å². The third kappa shape index (κ3) is 4.07. The van der Waals surface area contributed by atoms with Crippen molar-refractivity contribution >= 4 is 29.7 Å². The smallest absolute Gasteiger partial charge is 0.334 e. The van der Waals surface area contributed by atoms with Gasteiger partial charge >= 0.3 is 12.1 Å². The molecule has 1 amide bonds. The van der Waals surface area contributed by atoms with Crippen LogP contribution < -0.4 is 0 Å². The molecule has 0 aliphatic carbocycles. The van der Waals surface area contributed by atoms with Crippen LogP contribution in [0.3, 0.4) is 0 Å². The van der Waals surface area contributed by atoms with Crippen LogP contribution in [0, 0.1) is 0 Å². The van der Waals surface area contributed by atoms with Crippen LogP contribution in [0.5, 0.6) is 0 Å². The highest BCUT2D eigenvalue weighted by Crippen LogP contribution is 2.29. The van der Waals surface area contributed by atoms with Crippen LogP contribution in [-0.2, 0) is 17.6 Å². The molecule has 0 fully saturated rings. The van der Waals surface area contributed by atoms with Gasteiger partial charge in [-0.25, -0.2) is 0 Å². The van der Waals surface area contributed by atoms with Crippen molar-refractivity contribution in [2.24, 2.45) is 0 Å². The molecule has 2 aromatic rings. The molecule has 0 radical (unpaired) electrons. The van der Waals surface area contributed by atoms with Gasteiger partial charge in [0.1, 0.15) is 0 Å². The Balaban J connectivity index is 1.88. The third-order valence-corrected chi connectivity index (χ3v) is 4.69. The van der Waals surface area contributed by atoms with Crippen molar-refractivity contribution in [3.63, 3.8) is 0 Å². The van der Waals surface area contributed by atoms with Crippen LogP contribution in [0.4, 0.5) is 13.2 Å². The average molecular weight is 381 g/mol. The Kier molecular flexibility index (Phi) is 5.32. The van der Waals surface area contributed by atoms with Crippen molar-refractivity contribution < 1.29 is 18.0 Å². The first kappa shape index (κ1) is 18.5. The molecule has 1 aromatic carbocycles. The second kappa shape index (κ2) is 7.50. The summed E-state index contributed by atoms with van der Waals surface area (Å²) in [6, 6.07) is 7.25. The highest BCUT2D eigenvalue weighted by Gasteiger charge is 2.42. The highest BCUT2D eigenvalue weighted by atomic mass is 35.5. The zero-order valence-corrected chi connectivity index (χ0v) is 14.5. The van der Waals surface area contributed by atoms with E-state index in [9.17, 15) is 18.0 Å². The van der Waals surface area contributed by atoms with E-state index in [4.69, 9.17) is 11.6 Å². The summed E-state index contributed by atoms with van der Waals surface area (Å²) in [6.45, 7) is 0.0578. The van der Waals surface area contributed by atoms with E-state index in [1.165, 1.54) is 0 Å². The van der Waals surface area contributed by atoms with Crippen molar-refractivity contribution in [1.29, 1.82) is 0 Å². The lowest BCUT2D eigenvalue weighted by Crippen LogP contribution is -2.42. The minimum absolute atomic E-state index is 0.0157. The van der Waals surface area contributed by atoms with Gasteiger partial charge in [0.2, 0.25) is 0 Å². The molecule has 0 atom stereocenters. The number of nitrogens with zero attached hydrogens (tertiary/aromatic N) is 2. The average Bonchev–Trinajstić information content (AvgIpc) is 2.83. The monoisotopic (exact) mass is 380 g/mol. The number of halogens is 4. The van der Waals surface area contributed by atoms with Crippen LogP contribution in [-0.4, -0.2) is 35.1 Å². The summed E-state index contributed by atoms with van der Waals surface area (Å²) in [5.74, 6) is -1.79. The number of hydrogen-bond donors (Lipinski definition) is 0. The first-order chi connectivity index (χ1) is 12.4. The number of rotatable bonds is 2. The molecule has 1 aliphatic rings. The number of carbonyl (C=O) groups is 1. The van der Waals surface area contributed by atoms with Gasteiger partial charge in [0.05, 0.1) is 0 Å². The summed E-state index contributed by atoms with van der Waals surface area (Å²) in [5.41, 5.74) is 3.53. The maximum absolute atomic E-state index is 12.7. The van der Waals surface area contributed by atoms with Gasteiger partial charge < -0.3 is 4.90 Å². The number of alkyl halides is 3. The fourth-order valence-electron chi connectivity index (χ4n) is 3.04. The van der Waals surface area contributed by atoms with E-state index in [0.29, 0.717) is 17.9 Å². The third-order valence-electron chi connectivity index (χ3n) is 4.36. The van der Waals surface area contributed by atoms with Crippen LogP contribution >= 0.6 is 11.6 Å². The molecule has 3 rings (SSSR count). The molecule has 0 spiro atoms. The quantitative estimate of drug-likeness (QED) is 0.774. The summed E-state index contributed by atoms with van der Waals surface area (Å²) in [4.78, 5) is 16.4. The van der Waals surface area contributed by atoms with Crippen LogP contribution in [0.15, 0.2) is 36.7 Å². The molecule has 1 aromatic heterocycles. The number of benzene rings is 1. The zero-order valence-electron chi connectivity index (χ0n) is 13.8. The normalized spacial score (nSPS) is 15.0. The molecule has 0 saturated heterocycles. The standard InChI is InChI=1S/C19H16ClF3N2O/c20-17-4-2-14-7-11-25(18(26)19(21,22)23)12-8-15(14)16(17)3-1-13-5-9-24-10-6-13/h1-6,9-10H,7-8,11-12H2/b3-1+. The predicted molar refractivity (Wildman–Crippen MR) is 94.7 cm³/mol. The Morgan fingerprint density at radius 2 is 1.77 bits per heavy atom. The number of pyridine rings is 1. The number of fused-ring (bicyclic) bond motifs is 1. The van der Waals surface area contributed by atoms with Crippen LogP contribution in [0.2, 0.25) is 5.02 Å². The molecule has 0 bridgehead atoms. The molecule has 3 nitrogen and oxygen atoms in total. The van der Waals surface area contributed by atoms with E-state index in [0.717, 1.165) is 27.2 Å². The largest absolute Gasteiger partial charge is 0.471 e. The number of aromatic nitrogens is 1. The Morgan fingerprint density at radius 1 is 1.08 bits per heavy atom. The Morgan fingerprint density at radius 3 is 2.46 bits per heavy atom. The number of amides is 1. The molecule has 0 saturated carbocycles. The molecule has 1 aliphatic heterocycles. The lowest BCUT2D eigenvalue weighted by Gasteiger charge is -2.21. The summed E-state index contributed by atoms with van der Waals surface area (Å²) >= 11 is 6.33. The molecule has 26 heavy (non-hydrogen) atoms. The first-order valence-corrected chi connectivity index (χ1v) is 8.48. The van der Waals surface area contributed by atoms with Gasteiger partial charge in [-0.1, -0.05) is 29.8 Å². The SMILES string of the molecule is O=C(N1CCc2ccc(Cl)c(/C=C/c3ccncc3)c2CC1)C(F)(F)F. The summed E-state index contributed by atoms with van der Waals surface area (Å²) < 4.78 is 38.2. The minimum atomic E-state index is -4.85. The fourth-order valence-corrected chi connectivity index (χ4v) is 3.28. The topological polar surface area (TPSA) is 33.2 Å². The van der Waals surface area contributed by atoms with Crippen molar-refractivity contribution in [3.05, 3.63) is 63.9 Å². The molecule has 7 heteroatoms. The number of carbonyl (C=O) groups excluding carboxylic acids is 1. The second-order valence-electron chi connectivity index (χ2n) is 6.00. The van der Waals surface area contributed by atoms with Gasteiger partial charge in [-0.2, -0.15) is 13.2 Å².